The number of fused-ring (bicyclic) bond motifs is 3. The topological polar surface area (TPSA) is 49.7 Å². The Morgan fingerprint density at radius 1 is 0.829 bits per heavy atom. The smallest absolute Gasteiger partial charge is 0.338 e. The second-order valence-electron chi connectivity index (χ2n) is 9.79. The van der Waals surface area contributed by atoms with Crippen LogP contribution in [0.1, 0.15) is 29.8 Å². The maximum Gasteiger partial charge on any atom is 0.338 e. The number of aromatic nitrogens is 1. The van der Waals surface area contributed by atoms with E-state index in [0.717, 1.165) is 38.9 Å². The number of hydrogen-bond acceptors (Lipinski definition) is 4. The molecule has 0 amide bonds. The Morgan fingerprint density at radius 3 is 1.95 bits per heavy atom. The van der Waals surface area contributed by atoms with Gasteiger partial charge in [-0.3, -0.25) is 0 Å². The summed E-state index contributed by atoms with van der Waals surface area (Å²) in [6.07, 6.45) is 4.96. The summed E-state index contributed by atoms with van der Waals surface area (Å²) in [6, 6.07) is 32.4. The fraction of sp³-hybridized carbons (Fsp3) is 0.139. The molecular formula is C36H31NO4. The quantitative estimate of drug-likeness (QED) is 0.146. The standard InChI is InChI=1S/C36H31NO4/c1-4-14-31(36-40-24(3)41-36)32(23-37-33-21-12-10-18-28(33)29-19-11-13-22-34(29)37)27-17-7-6-15-25(27)26-16-8-9-20-30(26)35(38)39-5-2/h4,6-24,36H,1,5H2,2-3H3/b31-14+,32-23-. The molecule has 0 atom stereocenters. The highest BCUT2D eigenvalue weighted by Crippen LogP contribution is 2.40. The van der Waals surface area contributed by atoms with Crippen LogP contribution in [0.5, 0.6) is 0 Å². The molecule has 0 N–H and O–H groups in total. The van der Waals surface area contributed by atoms with Crippen molar-refractivity contribution in [1.29, 1.82) is 0 Å². The van der Waals surface area contributed by atoms with Crippen molar-refractivity contribution in [2.75, 3.05) is 6.61 Å². The van der Waals surface area contributed by atoms with E-state index in [9.17, 15) is 4.79 Å². The van der Waals surface area contributed by atoms with Crippen LogP contribution in [0.3, 0.4) is 0 Å². The molecule has 2 heterocycles. The lowest BCUT2D eigenvalue weighted by molar-refractivity contribution is -0.357. The zero-order chi connectivity index (χ0) is 28.3. The maximum absolute atomic E-state index is 13.0. The van der Waals surface area contributed by atoms with E-state index in [-0.39, 0.29) is 12.3 Å². The molecule has 5 heteroatoms. The molecule has 1 fully saturated rings. The first kappa shape index (κ1) is 26.5. The molecule has 1 saturated heterocycles. The Bertz CT molecular complexity index is 1770. The molecule has 1 aliphatic heterocycles. The predicted molar refractivity (Wildman–Crippen MR) is 165 cm³/mol. The van der Waals surface area contributed by atoms with Crippen LogP contribution in [0.15, 0.2) is 121 Å². The molecule has 0 saturated carbocycles. The Hall–Kier alpha value is -4.71. The van der Waals surface area contributed by atoms with E-state index in [1.807, 2.05) is 56.3 Å². The highest BCUT2D eigenvalue weighted by Gasteiger charge is 2.33. The molecule has 41 heavy (non-hydrogen) atoms. The van der Waals surface area contributed by atoms with Crippen molar-refractivity contribution in [2.45, 2.75) is 26.4 Å². The molecule has 0 aliphatic carbocycles. The van der Waals surface area contributed by atoms with Gasteiger partial charge < -0.3 is 18.8 Å². The van der Waals surface area contributed by atoms with Crippen molar-refractivity contribution in [3.05, 3.63) is 132 Å². The number of ether oxygens (including phenoxy) is 3. The minimum Gasteiger partial charge on any atom is -0.462 e. The summed E-state index contributed by atoms with van der Waals surface area (Å²) in [5.74, 6) is -0.354. The summed E-state index contributed by atoms with van der Waals surface area (Å²) in [7, 11) is 0. The molecule has 5 nitrogen and oxygen atoms in total. The van der Waals surface area contributed by atoms with Crippen LogP contribution in [0.2, 0.25) is 0 Å². The van der Waals surface area contributed by atoms with Crippen LogP contribution in [0.25, 0.3) is 44.7 Å². The van der Waals surface area contributed by atoms with Crippen molar-refractivity contribution in [3.63, 3.8) is 0 Å². The van der Waals surface area contributed by atoms with Crippen LogP contribution < -0.4 is 0 Å². The molecule has 0 radical (unpaired) electrons. The molecule has 4 aromatic carbocycles. The van der Waals surface area contributed by atoms with Gasteiger partial charge >= 0.3 is 5.97 Å². The minimum atomic E-state index is -0.560. The maximum atomic E-state index is 13.0. The summed E-state index contributed by atoms with van der Waals surface area (Å²) < 4.78 is 19.7. The van der Waals surface area contributed by atoms with Crippen molar-refractivity contribution in [2.24, 2.45) is 0 Å². The zero-order valence-electron chi connectivity index (χ0n) is 23.1. The first-order valence-corrected chi connectivity index (χ1v) is 13.8. The van der Waals surface area contributed by atoms with E-state index in [1.54, 1.807) is 12.1 Å². The van der Waals surface area contributed by atoms with Gasteiger partial charge in [0.15, 0.2) is 12.6 Å². The van der Waals surface area contributed by atoms with Crippen LogP contribution in [0.4, 0.5) is 0 Å². The predicted octanol–water partition coefficient (Wildman–Crippen LogP) is 8.47. The van der Waals surface area contributed by atoms with Gasteiger partial charge in [0, 0.05) is 28.1 Å². The first-order valence-electron chi connectivity index (χ1n) is 13.8. The van der Waals surface area contributed by atoms with E-state index in [2.05, 4.69) is 71.9 Å². The Morgan fingerprint density at radius 2 is 1.37 bits per heavy atom. The zero-order valence-corrected chi connectivity index (χ0v) is 23.1. The number of nitrogens with zero attached hydrogens (tertiary/aromatic N) is 1. The summed E-state index contributed by atoms with van der Waals surface area (Å²) in [6.45, 7) is 7.98. The number of benzene rings is 4. The minimum absolute atomic E-state index is 0.300. The molecular weight excluding hydrogens is 510 g/mol. The largest absolute Gasteiger partial charge is 0.462 e. The normalized spacial score (nSPS) is 17.4. The third kappa shape index (κ3) is 4.91. The van der Waals surface area contributed by atoms with E-state index >= 15 is 0 Å². The Balaban J connectivity index is 1.65. The second-order valence-corrected chi connectivity index (χ2v) is 9.79. The lowest BCUT2D eigenvalue weighted by atomic mass is 9.88. The van der Waals surface area contributed by atoms with E-state index < -0.39 is 6.29 Å². The lowest BCUT2D eigenvalue weighted by Gasteiger charge is -2.36. The van der Waals surface area contributed by atoms with Crippen molar-refractivity contribution < 1.29 is 19.0 Å². The van der Waals surface area contributed by atoms with Crippen LogP contribution >= 0.6 is 0 Å². The molecule has 1 aliphatic rings. The third-order valence-corrected chi connectivity index (χ3v) is 7.30. The second kappa shape index (κ2) is 11.4. The number of carbonyl (C=O) groups is 1. The van der Waals surface area contributed by atoms with Gasteiger partial charge in [-0.25, -0.2) is 4.79 Å². The molecule has 5 aromatic rings. The van der Waals surface area contributed by atoms with Gasteiger partial charge in [0.1, 0.15) is 0 Å². The van der Waals surface area contributed by atoms with Gasteiger partial charge in [-0.2, -0.15) is 0 Å². The van der Waals surface area contributed by atoms with Crippen molar-refractivity contribution in [1.82, 2.24) is 4.57 Å². The van der Waals surface area contributed by atoms with Crippen molar-refractivity contribution >= 4 is 39.5 Å². The van der Waals surface area contributed by atoms with Crippen LogP contribution in [-0.4, -0.2) is 29.7 Å². The Kier molecular flexibility index (Phi) is 7.38. The highest BCUT2D eigenvalue weighted by atomic mass is 16.9. The molecule has 0 unspecified atom stereocenters. The van der Waals surface area contributed by atoms with Crippen molar-refractivity contribution in [3.8, 4) is 11.1 Å². The number of carbonyl (C=O) groups excluding carboxylic acids is 1. The van der Waals surface area contributed by atoms with E-state index in [4.69, 9.17) is 14.2 Å². The lowest BCUT2D eigenvalue weighted by Crippen LogP contribution is -2.40. The highest BCUT2D eigenvalue weighted by molar-refractivity contribution is 6.11. The van der Waals surface area contributed by atoms with Gasteiger partial charge in [0.05, 0.1) is 23.2 Å². The molecule has 6 rings (SSSR count). The van der Waals surface area contributed by atoms with E-state index in [1.165, 1.54) is 10.8 Å². The summed E-state index contributed by atoms with van der Waals surface area (Å²) >= 11 is 0. The number of rotatable bonds is 8. The van der Waals surface area contributed by atoms with Gasteiger partial charge in [0.2, 0.25) is 0 Å². The SMILES string of the molecule is C=C/C=C(\C(=C/n1c2ccccc2c2ccccc21)c1ccccc1-c1ccccc1C(=O)OCC)C1OC(C)O1. The monoisotopic (exact) mass is 541 g/mol. The molecule has 204 valence electrons. The van der Waals surface area contributed by atoms with Gasteiger partial charge in [-0.15, -0.1) is 0 Å². The number of esters is 1. The van der Waals surface area contributed by atoms with E-state index in [0.29, 0.717) is 12.2 Å². The van der Waals surface area contributed by atoms with Gasteiger partial charge in [-0.05, 0) is 48.7 Å². The Labute approximate surface area is 239 Å². The van der Waals surface area contributed by atoms with Crippen LogP contribution in [0, 0.1) is 0 Å². The van der Waals surface area contributed by atoms with Gasteiger partial charge in [0.25, 0.3) is 0 Å². The molecule has 0 spiro atoms. The first-order chi connectivity index (χ1) is 20.1. The fourth-order valence-corrected chi connectivity index (χ4v) is 5.51. The number of para-hydroxylation sites is 2. The fourth-order valence-electron chi connectivity index (χ4n) is 5.51. The molecule has 0 bridgehead atoms. The van der Waals surface area contributed by atoms with Crippen LogP contribution in [-0.2, 0) is 14.2 Å². The molecule has 1 aromatic heterocycles. The average Bonchev–Trinajstić information content (AvgIpc) is 3.31. The number of hydrogen-bond donors (Lipinski definition) is 0. The summed E-state index contributed by atoms with van der Waals surface area (Å²) in [5, 5.41) is 2.33. The summed E-state index contributed by atoms with van der Waals surface area (Å²) in [5.41, 5.74) is 7.00. The number of allylic oxidation sites excluding steroid dienone is 2. The third-order valence-electron chi connectivity index (χ3n) is 7.30. The average molecular weight is 542 g/mol. The summed E-state index contributed by atoms with van der Waals surface area (Å²) in [4.78, 5) is 13.0. The van der Waals surface area contributed by atoms with Gasteiger partial charge in [-0.1, -0.05) is 97.6 Å².